The van der Waals surface area contributed by atoms with Crippen LogP contribution < -0.4 is 0 Å². The first-order valence-electron chi connectivity index (χ1n) is 7.36. The second kappa shape index (κ2) is 6.44. The summed E-state index contributed by atoms with van der Waals surface area (Å²) < 4.78 is 0. The Morgan fingerprint density at radius 3 is 2.70 bits per heavy atom. The lowest BCUT2D eigenvalue weighted by atomic mass is 9.97. The highest BCUT2D eigenvalue weighted by molar-refractivity contribution is 5.92. The summed E-state index contributed by atoms with van der Waals surface area (Å²) in [6, 6.07) is 9.62. The summed E-state index contributed by atoms with van der Waals surface area (Å²) in [6.07, 6.45) is 6.87. The van der Waals surface area contributed by atoms with Crippen molar-refractivity contribution < 1.29 is 14.7 Å². The molecule has 0 saturated carbocycles. The third-order valence-corrected chi connectivity index (χ3v) is 3.90. The number of carbonyl (C=O) groups excluding carboxylic acids is 1. The summed E-state index contributed by atoms with van der Waals surface area (Å²) in [4.78, 5) is 29.2. The van der Waals surface area contributed by atoms with Crippen LogP contribution in [0.5, 0.6) is 0 Å². The highest BCUT2D eigenvalue weighted by atomic mass is 16.4. The van der Waals surface area contributed by atoms with E-state index < -0.39 is 5.97 Å². The van der Waals surface area contributed by atoms with E-state index in [-0.39, 0.29) is 11.5 Å². The molecule has 0 unspecified atom stereocenters. The lowest BCUT2D eigenvalue weighted by molar-refractivity contribution is -0.126. The molecule has 23 heavy (non-hydrogen) atoms. The molecular formula is C18H16N2O3. The third-order valence-electron chi connectivity index (χ3n) is 3.90. The van der Waals surface area contributed by atoms with Gasteiger partial charge in [0.2, 0.25) is 5.91 Å². The van der Waals surface area contributed by atoms with Crippen molar-refractivity contribution >= 4 is 18.0 Å². The van der Waals surface area contributed by atoms with Gasteiger partial charge in [-0.2, -0.15) is 0 Å². The zero-order valence-corrected chi connectivity index (χ0v) is 12.5. The fourth-order valence-electron chi connectivity index (χ4n) is 2.70. The maximum Gasteiger partial charge on any atom is 0.337 e. The molecule has 0 fully saturated rings. The molecule has 0 atom stereocenters. The number of carboxylic acid groups (broad SMARTS) is 1. The van der Waals surface area contributed by atoms with Gasteiger partial charge in [0.15, 0.2) is 0 Å². The zero-order valence-electron chi connectivity index (χ0n) is 12.5. The van der Waals surface area contributed by atoms with Crippen LogP contribution in [0, 0.1) is 0 Å². The Balaban J connectivity index is 1.75. The molecule has 0 saturated heterocycles. The number of carboxylic acids is 1. The number of hydrogen-bond acceptors (Lipinski definition) is 3. The first-order chi connectivity index (χ1) is 11.1. The number of aromatic carboxylic acids is 1. The van der Waals surface area contributed by atoms with Crippen molar-refractivity contribution in [2.45, 2.75) is 13.0 Å². The summed E-state index contributed by atoms with van der Waals surface area (Å²) >= 11 is 0. The first-order valence-corrected chi connectivity index (χ1v) is 7.36. The Kier molecular flexibility index (Phi) is 4.19. The molecular weight excluding hydrogens is 292 g/mol. The predicted octanol–water partition coefficient (Wildman–Crippen LogP) is 2.38. The van der Waals surface area contributed by atoms with Crippen LogP contribution >= 0.6 is 0 Å². The van der Waals surface area contributed by atoms with Crippen molar-refractivity contribution in [2.24, 2.45) is 0 Å². The molecule has 2 heterocycles. The Bertz CT molecular complexity index is 769. The van der Waals surface area contributed by atoms with Crippen LogP contribution in [0.15, 0.2) is 48.8 Å². The average molecular weight is 308 g/mol. The number of carbonyl (C=O) groups is 2. The van der Waals surface area contributed by atoms with Crippen LogP contribution in [0.4, 0.5) is 0 Å². The molecule has 1 aromatic heterocycles. The van der Waals surface area contributed by atoms with E-state index in [1.165, 1.54) is 6.20 Å². The Morgan fingerprint density at radius 2 is 1.96 bits per heavy atom. The van der Waals surface area contributed by atoms with E-state index in [9.17, 15) is 14.7 Å². The maximum atomic E-state index is 12.3. The van der Waals surface area contributed by atoms with E-state index in [0.29, 0.717) is 19.5 Å². The predicted molar refractivity (Wildman–Crippen MR) is 85.8 cm³/mol. The highest BCUT2D eigenvalue weighted by Gasteiger charge is 2.23. The van der Waals surface area contributed by atoms with E-state index in [4.69, 9.17) is 0 Å². The molecule has 3 rings (SSSR count). The van der Waals surface area contributed by atoms with Gasteiger partial charge < -0.3 is 10.0 Å². The number of amides is 1. The molecule has 1 N–H and O–H groups in total. The SMILES string of the molecule is O=C(O)c1cncc2c1CCN(C(=O)/C=C/c1ccccc1)C2. The van der Waals surface area contributed by atoms with Crippen molar-refractivity contribution in [3.63, 3.8) is 0 Å². The number of rotatable bonds is 3. The second-order valence-corrected chi connectivity index (χ2v) is 5.38. The summed E-state index contributed by atoms with van der Waals surface area (Å²) in [5.74, 6) is -1.06. The standard InChI is InChI=1S/C18H16N2O3/c21-17(7-6-13-4-2-1-3-5-13)20-9-8-15-14(12-20)10-19-11-16(15)18(22)23/h1-7,10-11H,8-9,12H2,(H,22,23)/b7-6+. The lowest BCUT2D eigenvalue weighted by Gasteiger charge is -2.28. The molecule has 0 bridgehead atoms. The van der Waals surface area contributed by atoms with E-state index in [0.717, 1.165) is 16.7 Å². The van der Waals surface area contributed by atoms with Crippen LogP contribution in [-0.2, 0) is 17.8 Å². The van der Waals surface area contributed by atoms with Gasteiger partial charge in [0.25, 0.3) is 0 Å². The van der Waals surface area contributed by atoms with Crippen LogP contribution in [0.25, 0.3) is 6.08 Å². The number of hydrogen-bond donors (Lipinski definition) is 1. The van der Waals surface area contributed by atoms with Crippen molar-refractivity contribution in [1.29, 1.82) is 0 Å². The van der Waals surface area contributed by atoms with E-state index in [1.54, 1.807) is 23.2 Å². The summed E-state index contributed by atoms with van der Waals surface area (Å²) in [5, 5.41) is 9.19. The number of benzene rings is 1. The second-order valence-electron chi connectivity index (χ2n) is 5.38. The normalized spacial score (nSPS) is 13.8. The molecule has 0 spiro atoms. The van der Waals surface area contributed by atoms with Crippen molar-refractivity contribution in [3.05, 3.63) is 71.1 Å². The molecule has 0 radical (unpaired) electrons. The molecule has 116 valence electrons. The molecule has 0 aliphatic carbocycles. The molecule has 1 aliphatic heterocycles. The first kappa shape index (κ1) is 15.0. The van der Waals surface area contributed by atoms with E-state index in [1.807, 2.05) is 30.3 Å². The monoisotopic (exact) mass is 308 g/mol. The molecule has 5 heteroatoms. The number of fused-ring (bicyclic) bond motifs is 1. The van der Waals surface area contributed by atoms with Crippen molar-refractivity contribution in [3.8, 4) is 0 Å². The topological polar surface area (TPSA) is 70.5 Å². The van der Waals surface area contributed by atoms with Gasteiger partial charge in [-0.05, 0) is 29.2 Å². The molecule has 2 aromatic rings. The van der Waals surface area contributed by atoms with Crippen LogP contribution in [0.1, 0.15) is 27.0 Å². The number of aromatic nitrogens is 1. The Hall–Kier alpha value is -2.95. The smallest absolute Gasteiger partial charge is 0.337 e. The van der Waals surface area contributed by atoms with Gasteiger partial charge in [-0.15, -0.1) is 0 Å². The van der Waals surface area contributed by atoms with E-state index in [2.05, 4.69) is 4.98 Å². The summed E-state index contributed by atoms with van der Waals surface area (Å²) in [7, 11) is 0. The van der Waals surface area contributed by atoms with Gasteiger partial charge in [-0.25, -0.2) is 4.79 Å². The largest absolute Gasteiger partial charge is 0.478 e. The number of nitrogens with zero attached hydrogens (tertiary/aromatic N) is 2. The van der Waals surface area contributed by atoms with Gasteiger partial charge in [0.1, 0.15) is 0 Å². The van der Waals surface area contributed by atoms with Crippen molar-refractivity contribution in [2.75, 3.05) is 6.54 Å². The van der Waals surface area contributed by atoms with Gasteiger partial charge >= 0.3 is 5.97 Å². The lowest BCUT2D eigenvalue weighted by Crippen LogP contribution is -2.35. The van der Waals surface area contributed by atoms with E-state index >= 15 is 0 Å². The van der Waals surface area contributed by atoms with Gasteiger partial charge in [-0.3, -0.25) is 9.78 Å². The average Bonchev–Trinajstić information content (AvgIpc) is 2.59. The minimum absolute atomic E-state index is 0.0831. The fourth-order valence-corrected chi connectivity index (χ4v) is 2.70. The van der Waals surface area contributed by atoms with Gasteiger partial charge in [0.05, 0.1) is 5.56 Å². The maximum absolute atomic E-state index is 12.3. The molecule has 1 aromatic carbocycles. The molecule has 5 nitrogen and oxygen atoms in total. The van der Waals surface area contributed by atoms with Crippen LogP contribution in [0.3, 0.4) is 0 Å². The highest BCUT2D eigenvalue weighted by Crippen LogP contribution is 2.22. The summed E-state index contributed by atoms with van der Waals surface area (Å²) in [6.45, 7) is 0.899. The minimum atomic E-state index is -0.974. The van der Waals surface area contributed by atoms with Gasteiger partial charge in [-0.1, -0.05) is 30.3 Å². The zero-order chi connectivity index (χ0) is 16.2. The molecule has 1 amide bonds. The Labute approximate surface area is 133 Å². The third kappa shape index (κ3) is 3.29. The molecule has 1 aliphatic rings. The van der Waals surface area contributed by atoms with Gasteiger partial charge in [0, 0.05) is 31.6 Å². The van der Waals surface area contributed by atoms with Crippen molar-refractivity contribution in [1.82, 2.24) is 9.88 Å². The fraction of sp³-hybridized carbons (Fsp3) is 0.167. The quantitative estimate of drug-likeness (QED) is 0.884. The summed E-state index contributed by atoms with van der Waals surface area (Å²) in [5.41, 5.74) is 2.78. The Morgan fingerprint density at radius 1 is 1.17 bits per heavy atom. The van der Waals surface area contributed by atoms with Crippen LogP contribution in [0.2, 0.25) is 0 Å². The minimum Gasteiger partial charge on any atom is -0.478 e. The van der Waals surface area contributed by atoms with Crippen LogP contribution in [-0.4, -0.2) is 33.4 Å². The number of pyridine rings is 1.